The average Bonchev–Trinajstić information content (AvgIpc) is 3.20. The van der Waals surface area contributed by atoms with E-state index in [-0.39, 0.29) is 18.5 Å². The van der Waals surface area contributed by atoms with Gasteiger partial charge in [0.1, 0.15) is 11.8 Å². The lowest BCUT2D eigenvalue weighted by molar-refractivity contribution is -0.138. The van der Waals surface area contributed by atoms with Crippen LogP contribution in [0.4, 0.5) is 19.0 Å². The number of aliphatic hydroxyl groups is 1. The van der Waals surface area contributed by atoms with Crippen LogP contribution < -0.4 is 4.90 Å². The lowest BCUT2D eigenvalue weighted by Crippen LogP contribution is -2.27. The molecule has 3 aromatic rings. The normalized spacial score (nSPS) is 21.2. The molecular formula is C16H14F3N5O. The smallest absolute Gasteiger partial charge is 0.391 e. The summed E-state index contributed by atoms with van der Waals surface area (Å²) in [4.78, 5) is 16.9. The first kappa shape index (κ1) is 15.8. The molecule has 0 saturated carbocycles. The van der Waals surface area contributed by atoms with Gasteiger partial charge < -0.3 is 15.0 Å². The van der Waals surface area contributed by atoms with E-state index in [1.165, 1.54) is 24.8 Å². The molecule has 4 rings (SSSR count). The van der Waals surface area contributed by atoms with E-state index >= 15 is 0 Å². The third-order valence-corrected chi connectivity index (χ3v) is 4.38. The van der Waals surface area contributed by atoms with Crippen LogP contribution in [0.2, 0.25) is 0 Å². The van der Waals surface area contributed by atoms with Crippen molar-refractivity contribution in [3.63, 3.8) is 0 Å². The van der Waals surface area contributed by atoms with Crippen molar-refractivity contribution in [1.82, 2.24) is 19.9 Å². The molecule has 0 aliphatic carbocycles. The zero-order chi connectivity index (χ0) is 17.6. The highest BCUT2D eigenvalue weighted by molar-refractivity contribution is 5.83. The fourth-order valence-electron chi connectivity index (χ4n) is 3.36. The number of aromatic nitrogens is 4. The van der Waals surface area contributed by atoms with Gasteiger partial charge in [-0.05, 0) is 18.1 Å². The number of benzene rings is 1. The summed E-state index contributed by atoms with van der Waals surface area (Å²) < 4.78 is 40.2. The third-order valence-electron chi connectivity index (χ3n) is 4.38. The van der Waals surface area contributed by atoms with Gasteiger partial charge in [-0.3, -0.25) is 0 Å². The van der Waals surface area contributed by atoms with E-state index in [1.807, 2.05) is 0 Å². The van der Waals surface area contributed by atoms with E-state index < -0.39 is 23.9 Å². The van der Waals surface area contributed by atoms with E-state index in [0.717, 1.165) is 6.07 Å². The molecule has 0 amide bonds. The van der Waals surface area contributed by atoms with E-state index in [0.29, 0.717) is 17.0 Å². The number of nitrogens with one attached hydrogen (secondary N) is 1. The average molecular weight is 349 g/mol. The second-order valence-electron chi connectivity index (χ2n) is 5.94. The molecule has 6 nitrogen and oxygen atoms in total. The summed E-state index contributed by atoms with van der Waals surface area (Å²) in [5.41, 5.74) is 0.382. The second kappa shape index (κ2) is 5.69. The number of hydrogen-bond acceptors (Lipinski definition) is 5. The van der Waals surface area contributed by atoms with Crippen LogP contribution in [0.15, 0.2) is 36.9 Å². The van der Waals surface area contributed by atoms with Crippen LogP contribution in [0, 0.1) is 0 Å². The van der Waals surface area contributed by atoms with Crippen LogP contribution in [0.5, 0.6) is 0 Å². The molecule has 2 aromatic heterocycles. The molecule has 2 N–H and O–H groups in total. The Bertz CT molecular complexity index is 910. The number of halogens is 3. The van der Waals surface area contributed by atoms with Gasteiger partial charge in [0.25, 0.3) is 0 Å². The molecule has 9 heteroatoms. The van der Waals surface area contributed by atoms with Crippen LogP contribution >= 0.6 is 0 Å². The fraction of sp³-hybridized carbons (Fsp3) is 0.312. The molecule has 130 valence electrons. The molecule has 3 heterocycles. The molecular weight excluding hydrogens is 335 g/mol. The molecule has 0 spiro atoms. The number of fused-ring (bicyclic) bond motifs is 1. The Hall–Kier alpha value is -2.68. The first-order valence-corrected chi connectivity index (χ1v) is 7.70. The summed E-state index contributed by atoms with van der Waals surface area (Å²) in [6, 6.07) is 4.79. The number of imidazole rings is 1. The van der Waals surface area contributed by atoms with E-state index in [2.05, 4.69) is 19.9 Å². The number of nitrogens with zero attached hydrogens (tertiary/aromatic N) is 4. The van der Waals surface area contributed by atoms with Crippen LogP contribution in [0.1, 0.15) is 23.6 Å². The fourth-order valence-corrected chi connectivity index (χ4v) is 3.36. The SMILES string of the molecule is O[C@H]1C[C@H](c2ccccc2C(F)(F)F)N(c2ncnc3nc[nH]c23)C1. The van der Waals surface area contributed by atoms with Crippen molar-refractivity contribution < 1.29 is 18.3 Å². The Kier molecular flexibility index (Phi) is 3.60. The molecule has 1 aliphatic heterocycles. The predicted molar refractivity (Wildman–Crippen MR) is 83.8 cm³/mol. The molecule has 0 unspecified atom stereocenters. The van der Waals surface area contributed by atoms with E-state index in [1.54, 1.807) is 11.0 Å². The minimum Gasteiger partial charge on any atom is -0.391 e. The number of hydrogen-bond donors (Lipinski definition) is 2. The largest absolute Gasteiger partial charge is 0.416 e. The van der Waals surface area contributed by atoms with E-state index in [4.69, 9.17) is 0 Å². The molecule has 2 atom stereocenters. The summed E-state index contributed by atoms with van der Waals surface area (Å²) in [6.45, 7) is 0.183. The van der Waals surface area contributed by atoms with Crippen molar-refractivity contribution in [2.45, 2.75) is 24.7 Å². The van der Waals surface area contributed by atoms with Crippen LogP contribution in [-0.4, -0.2) is 37.7 Å². The van der Waals surface area contributed by atoms with Crippen LogP contribution in [0.3, 0.4) is 0 Å². The number of aromatic amines is 1. The maximum Gasteiger partial charge on any atom is 0.416 e. The lowest BCUT2D eigenvalue weighted by Gasteiger charge is -2.28. The quantitative estimate of drug-likeness (QED) is 0.744. The second-order valence-corrected chi connectivity index (χ2v) is 5.94. The lowest BCUT2D eigenvalue weighted by atomic mass is 9.97. The summed E-state index contributed by atoms with van der Waals surface area (Å²) in [7, 11) is 0. The first-order chi connectivity index (χ1) is 11.9. The highest BCUT2D eigenvalue weighted by Gasteiger charge is 2.40. The number of aliphatic hydroxyl groups excluding tert-OH is 1. The van der Waals surface area contributed by atoms with Crippen molar-refractivity contribution in [3.05, 3.63) is 48.0 Å². The van der Waals surface area contributed by atoms with Crippen LogP contribution in [-0.2, 0) is 6.18 Å². The molecule has 1 aromatic carbocycles. The van der Waals surface area contributed by atoms with Gasteiger partial charge in [0.15, 0.2) is 11.5 Å². The van der Waals surface area contributed by atoms with Crippen molar-refractivity contribution in [3.8, 4) is 0 Å². The Morgan fingerprint density at radius 3 is 2.76 bits per heavy atom. The summed E-state index contributed by atoms with van der Waals surface area (Å²) in [6.07, 6.45) is -2.26. The number of rotatable bonds is 2. The molecule has 0 radical (unpaired) electrons. The van der Waals surface area contributed by atoms with Gasteiger partial charge >= 0.3 is 6.18 Å². The summed E-state index contributed by atoms with van der Waals surface area (Å²) in [5.74, 6) is 0.432. The summed E-state index contributed by atoms with van der Waals surface area (Å²) >= 11 is 0. The standard InChI is InChI=1S/C16H14F3N5O/c17-16(18,19)11-4-2-1-3-10(11)12-5-9(25)6-24(12)15-13-14(21-7-20-13)22-8-23-15/h1-4,7-9,12,25H,5-6H2,(H,20,21,22,23)/t9-,12+/m0/s1. The molecule has 1 aliphatic rings. The number of anilines is 1. The molecule has 25 heavy (non-hydrogen) atoms. The van der Waals surface area contributed by atoms with Gasteiger partial charge in [-0.2, -0.15) is 13.2 Å². The van der Waals surface area contributed by atoms with Crippen molar-refractivity contribution in [2.75, 3.05) is 11.4 Å². The highest BCUT2D eigenvalue weighted by atomic mass is 19.4. The van der Waals surface area contributed by atoms with Gasteiger partial charge in [-0.1, -0.05) is 18.2 Å². The highest BCUT2D eigenvalue weighted by Crippen LogP contribution is 2.42. The first-order valence-electron chi connectivity index (χ1n) is 7.70. The molecule has 1 saturated heterocycles. The van der Waals surface area contributed by atoms with Gasteiger partial charge in [-0.15, -0.1) is 0 Å². The minimum atomic E-state index is -4.47. The minimum absolute atomic E-state index is 0.123. The number of β-amino-alcohol motifs (C(OH)–C–C–N with tert-alkyl or cyclic N) is 1. The molecule has 1 fully saturated rings. The zero-order valence-corrected chi connectivity index (χ0v) is 12.9. The van der Waals surface area contributed by atoms with Crippen molar-refractivity contribution in [1.29, 1.82) is 0 Å². The monoisotopic (exact) mass is 349 g/mol. The predicted octanol–water partition coefficient (Wildman–Crippen LogP) is 2.68. The Morgan fingerprint density at radius 2 is 1.96 bits per heavy atom. The van der Waals surface area contributed by atoms with Crippen LogP contribution in [0.25, 0.3) is 11.2 Å². The van der Waals surface area contributed by atoms with Gasteiger partial charge in [-0.25, -0.2) is 15.0 Å². The Balaban J connectivity index is 1.84. The van der Waals surface area contributed by atoms with Gasteiger partial charge in [0.2, 0.25) is 0 Å². The Morgan fingerprint density at radius 1 is 1.16 bits per heavy atom. The summed E-state index contributed by atoms with van der Waals surface area (Å²) in [5, 5.41) is 10.1. The third kappa shape index (κ3) is 2.70. The number of H-pyrrole nitrogens is 1. The molecule has 0 bridgehead atoms. The van der Waals surface area contributed by atoms with Crippen molar-refractivity contribution >= 4 is 17.0 Å². The number of alkyl halides is 3. The van der Waals surface area contributed by atoms with E-state index in [9.17, 15) is 18.3 Å². The zero-order valence-electron chi connectivity index (χ0n) is 12.9. The Labute approximate surface area is 140 Å². The van der Waals surface area contributed by atoms with Gasteiger partial charge in [0.05, 0.1) is 24.0 Å². The van der Waals surface area contributed by atoms with Gasteiger partial charge in [0, 0.05) is 6.54 Å². The maximum absolute atomic E-state index is 13.4. The topological polar surface area (TPSA) is 77.9 Å². The maximum atomic E-state index is 13.4. The van der Waals surface area contributed by atoms with Crippen molar-refractivity contribution in [2.24, 2.45) is 0 Å².